The van der Waals surface area contributed by atoms with Gasteiger partial charge in [-0.1, -0.05) is 25.1 Å². The van der Waals surface area contributed by atoms with E-state index in [-0.39, 0.29) is 37.5 Å². The third-order valence-electron chi connectivity index (χ3n) is 4.17. The molecule has 1 heterocycles. The minimum atomic E-state index is -4.47. The normalized spacial score (nSPS) is 19.5. The van der Waals surface area contributed by atoms with E-state index in [1.807, 2.05) is 0 Å². The lowest BCUT2D eigenvalue weighted by atomic mass is 9.92. The van der Waals surface area contributed by atoms with Gasteiger partial charge in [-0.25, -0.2) is 0 Å². The van der Waals surface area contributed by atoms with E-state index in [1.54, 1.807) is 6.92 Å². The van der Waals surface area contributed by atoms with E-state index in [4.69, 9.17) is 9.84 Å². The van der Waals surface area contributed by atoms with Crippen LogP contribution < -0.4 is 0 Å². The van der Waals surface area contributed by atoms with Crippen molar-refractivity contribution in [1.29, 1.82) is 0 Å². The number of carbonyl (C=O) groups excluding carboxylic acids is 1. The standard InChI is InChI=1S/C17H20F3NO4/c1-11(13-4-2-3-5-14(13)17(18,19)20)8-15(22)21-6-7-25-12(10-21)9-16(23)24/h2-5,11-12H,6-10H2,1H3,(H,23,24)/t11-,12-/m0/s1. The number of carboxylic acids is 1. The number of hydrogen-bond acceptors (Lipinski definition) is 3. The fourth-order valence-corrected chi connectivity index (χ4v) is 2.95. The molecule has 1 amide bonds. The number of rotatable bonds is 5. The molecule has 0 aromatic heterocycles. The maximum atomic E-state index is 13.1. The van der Waals surface area contributed by atoms with Crippen molar-refractivity contribution in [3.8, 4) is 0 Å². The molecule has 25 heavy (non-hydrogen) atoms. The molecule has 1 aliphatic heterocycles. The van der Waals surface area contributed by atoms with Crippen molar-refractivity contribution in [3.05, 3.63) is 35.4 Å². The molecule has 0 saturated carbocycles. The van der Waals surface area contributed by atoms with Gasteiger partial charge in [0.05, 0.1) is 24.7 Å². The number of alkyl halides is 3. The Morgan fingerprint density at radius 1 is 1.36 bits per heavy atom. The van der Waals surface area contributed by atoms with Crippen LogP contribution in [-0.2, 0) is 20.5 Å². The first-order valence-corrected chi connectivity index (χ1v) is 7.95. The smallest absolute Gasteiger partial charge is 0.416 e. The summed E-state index contributed by atoms with van der Waals surface area (Å²) in [6, 6.07) is 5.23. The maximum Gasteiger partial charge on any atom is 0.416 e. The van der Waals surface area contributed by atoms with Gasteiger partial charge >= 0.3 is 12.1 Å². The quantitative estimate of drug-likeness (QED) is 0.878. The largest absolute Gasteiger partial charge is 0.481 e. The minimum absolute atomic E-state index is 0.0765. The van der Waals surface area contributed by atoms with Gasteiger partial charge in [-0.15, -0.1) is 0 Å². The Bertz CT molecular complexity index is 633. The van der Waals surface area contributed by atoms with Gasteiger partial charge < -0.3 is 14.7 Å². The van der Waals surface area contributed by atoms with E-state index >= 15 is 0 Å². The highest BCUT2D eigenvalue weighted by Gasteiger charge is 2.35. The number of halogens is 3. The van der Waals surface area contributed by atoms with Gasteiger partial charge in [-0.05, 0) is 17.5 Å². The Labute approximate surface area is 143 Å². The fourth-order valence-electron chi connectivity index (χ4n) is 2.95. The van der Waals surface area contributed by atoms with E-state index < -0.39 is 29.7 Å². The van der Waals surface area contributed by atoms with Crippen LogP contribution in [0.3, 0.4) is 0 Å². The van der Waals surface area contributed by atoms with E-state index in [1.165, 1.54) is 23.1 Å². The Balaban J connectivity index is 2.04. The van der Waals surface area contributed by atoms with Crippen LogP contribution in [0.4, 0.5) is 13.2 Å². The number of nitrogens with zero attached hydrogens (tertiary/aromatic N) is 1. The number of carbonyl (C=O) groups is 2. The van der Waals surface area contributed by atoms with Crippen LogP contribution in [0.1, 0.15) is 36.8 Å². The van der Waals surface area contributed by atoms with Gasteiger partial charge in [0.2, 0.25) is 5.91 Å². The fraction of sp³-hybridized carbons (Fsp3) is 0.529. The predicted molar refractivity (Wildman–Crippen MR) is 83.0 cm³/mol. The first kappa shape index (κ1) is 19.2. The molecule has 2 rings (SSSR count). The Kier molecular flexibility index (Phi) is 6.05. The first-order chi connectivity index (χ1) is 11.7. The average Bonchev–Trinajstić information content (AvgIpc) is 2.53. The number of morpholine rings is 1. The lowest BCUT2D eigenvalue weighted by molar-refractivity contribution is -0.147. The summed E-state index contributed by atoms with van der Waals surface area (Å²) >= 11 is 0. The number of ether oxygens (including phenoxy) is 1. The van der Waals surface area contributed by atoms with Crippen LogP contribution in [-0.4, -0.2) is 47.7 Å². The van der Waals surface area contributed by atoms with Crippen LogP contribution >= 0.6 is 0 Å². The zero-order chi connectivity index (χ0) is 18.6. The molecule has 1 aromatic carbocycles. The molecule has 0 unspecified atom stereocenters. The molecule has 1 aliphatic rings. The highest BCUT2D eigenvalue weighted by atomic mass is 19.4. The summed E-state index contributed by atoms with van der Waals surface area (Å²) < 4.78 is 44.6. The summed E-state index contributed by atoms with van der Waals surface area (Å²) in [5.41, 5.74) is -0.653. The number of benzene rings is 1. The minimum Gasteiger partial charge on any atom is -0.481 e. The second-order valence-corrected chi connectivity index (χ2v) is 6.12. The van der Waals surface area contributed by atoms with Crippen LogP contribution in [0.25, 0.3) is 0 Å². The Morgan fingerprint density at radius 3 is 2.68 bits per heavy atom. The molecule has 1 fully saturated rings. The molecule has 8 heteroatoms. The second-order valence-electron chi connectivity index (χ2n) is 6.12. The summed E-state index contributed by atoms with van der Waals surface area (Å²) in [5, 5.41) is 8.80. The zero-order valence-corrected chi connectivity index (χ0v) is 13.8. The van der Waals surface area contributed by atoms with E-state index in [0.29, 0.717) is 6.54 Å². The Hall–Kier alpha value is -2.09. The molecule has 0 bridgehead atoms. The summed E-state index contributed by atoms with van der Waals surface area (Å²) in [7, 11) is 0. The second kappa shape index (κ2) is 7.86. The highest BCUT2D eigenvalue weighted by Crippen LogP contribution is 2.36. The molecule has 0 aliphatic carbocycles. The van der Waals surface area contributed by atoms with E-state index in [0.717, 1.165) is 6.07 Å². The molecular formula is C17H20F3NO4. The monoisotopic (exact) mass is 359 g/mol. The van der Waals surface area contributed by atoms with Crippen LogP contribution in [0.2, 0.25) is 0 Å². The van der Waals surface area contributed by atoms with Crippen LogP contribution in [0.15, 0.2) is 24.3 Å². The molecule has 1 saturated heterocycles. The van der Waals surface area contributed by atoms with Crippen molar-refractivity contribution < 1.29 is 32.6 Å². The number of hydrogen-bond donors (Lipinski definition) is 1. The average molecular weight is 359 g/mol. The number of amides is 1. The van der Waals surface area contributed by atoms with Crippen molar-refractivity contribution in [1.82, 2.24) is 4.90 Å². The highest BCUT2D eigenvalue weighted by molar-refractivity contribution is 5.77. The van der Waals surface area contributed by atoms with Gasteiger partial charge in [-0.3, -0.25) is 9.59 Å². The van der Waals surface area contributed by atoms with Crippen molar-refractivity contribution in [3.63, 3.8) is 0 Å². The lowest BCUT2D eigenvalue weighted by Gasteiger charge is -2.33. The first-order valence-electron chi connectivity index (χ1n) is 7.95. The van der Waals surface area contributed by atoms with Gasteiger partial charge in [0.15, 0.2) is 0 Å². The van der Waals surface area contributed by atoms with Crippen LogP contribution in [0, 0.1) is 0 Å². The molecule has 2 atom stereocenters. The van der Waals surface area contributed by atoms with Gasteiger partial charge in [0.25, 0.3) is 0 Å². The summed E-state index contributed by atoms with van der Waals surface area (Å²) in [6.07, 6.45) is -5.35. The molecule has 1 aromatic rings. The third-order valence-corrected chi connectivity index (χ3v) is 4.17. The number of carboxylic acid groups (broad SMARTS) is 1. The summed E-state index contributed by atoms with van der Waals surface area (Å²) in [4.78, 5) is 24.6. The van der Waals surface area contributed by atoms with Crippen LogP contribution in [0.5, 0.6) is 0 Å². The molecular weight excluding hydrogens is 339 g/mol. The maximum absolute atomic E-state index is 13.1. The molecule has 5 nitrogen and oxygen atoms in total. The summed E-state index contributed by atoms with van der Waals surface area (Å²) in [6.45, 7) is 2.25. The van der Waals surface area contributed by atoms with Crippen molar-refractivity contribution in [2.45, 2.75) is 38.0 Å². The Morgan fingerprint density at radius 2 is 2.04 bits per heavy atom. The van der Waals surface area contributed by atoms with E-state index in [2.05, 4.69) is 0 Å². The predicted octanol–water partition coefficient (Wildman–Crippen LogP) is 2.90. The zero-order valence-electron chi connectivity index (χ0n) is 13.8. The van der Waals surface area contributed by atoms with Crippen molar-refractivity contribution in [2.75, 3.05) is 19.7 Å². The third kappa shape index (κ3) is 5.19. The van der Waals surface area contributed by atoms with Gasteiger partial charge in [0, 0.05) is 19.5 Å². The van der Waals surface area contributed by atoms with Gasteiger partial charge in [0.1, 0.15) is 0 Å². The number of aliphatic carboxylic acids is 1. The molecule has 138 valence electrons. The van der Waals surface area contributed by atoms with Crippen molar-refractivity contribution >= 4 is 11.9 Å². The SMILES string of the molecule is C[C@@H](CC(=O)N1CCO[C@@H](CC(=O)O)C1)c1ccccc1C(F)(F)F. The van der Waals surface area contributed by atoms with Crippen molar-refractivity contribution in [2.24, 2.45) is 0 Å². The lowest BCUT2D eigenvalue weighted by Crippen LogP contribution is -2.46. The van der Waals surface area contributed by atoms with Gasteiger partial charge in [-0.2, -0.15) is 13.2 Å². The molecule has 0 spiro atoms. The topological polar surface area (TPSA) is 66.8 Å². The molecule has 0 radical (unpaired) electrons. The van der Waals surface area contributed by atoms with E-state index in [9.17, 15) is 22.8 Å². The molecule has 1 N–H and O–H groups in total. The summed E-state index contributed by atoms with van der Waals surface area (Å²) in [5.74, 6) is -1.93.